The minimum Gasteiger partial charge on any atom is -0.387 e. The summed E-state index contributed by atoms with van der Waals surface area (Å²) in [5.41, 5.74) is 0.585. The summed E-state index contributed by atoms with van der Waals surface area (Å²) >= 11 is 0. The van der Waals surface area contributed by atoms with Crippen molar-refractivity contribution in [2.24, 2.45) is 17.8 Å². The Morgan fingerprint density at radius 1 is 1.07 bits per heavy atom. The van der Waals surface area contributed by atoms with Gasteiger partial charge in [-0.1, -0.05) is 106 Å². The maximum atomic E-state index is 13.6. The van der Waals surface area contributed by atoms with Gasteiger partial charge < -0.3 is 24.8 Å². The average molecular weight is 581 g/mol. The number of hydrogen-bond donors (Lipinski definition) is 2. The van der Waals surface area contributed by atoms with E-state index < -0.39 is 18.1 Å². The number of ether oxygens (including phenoxy) is 2. The van der Waals surface area contributed by atoms with Gasteiger partial charge in [0.15, 0.2) is 0 Å². The second-order valence-electron chi connectivity index (χ2n) is 10.2. The van der Waals surface area contributed by atoms with Gasteiger partial charge >= 0.3 is 0 Å². The van der Waals surface area contributed by atoms with Crippen LogP contribution in [0.1, 0.15) is 100 Å². The van der Waals surface area contributed by atoms with E-state index in [9.17, 15) is 14.7 Å². The Morgan fingerprint density at radius 2 is 1.68 bits per heavy atom. The van der Waals surface area contributed by atoms with Gasteiger partial charge in [0.25, 0.3) is 0 Å². The molecule has 6 atom stereocenters. The van der Waals surface area contributed by atoms with Crippen molar-refractivity contribution < 1.29 is 24.2 Å². The number of nitrogens with zero attached hydrogens (tertiary/aromatic N) is 1. The van der Waals surface area contributed by atoms with Crippen molar-refractivity contribution in [2.75, 3.05) is 27.3 Å². The highest BCUT2D eigenvalue weighted by atomic mass is 16.5. The fraction of sp³-hybridized carbons (Fsp3) is 0.765. The summed E-state index contributed by atoms with van der Waals surface area (Å²) in [5, 5.41) is 13.2. The summed E-state index contributed by atoms with van der Waals surface area (Å²) in [6.07, 6.45) is 9.59. The third kappa shape index (κ3) is 13.3. The molecule has 1 aliphatic rings. The largest absolute Gasteiger partial charge is 0.387 e. The third-order valence-electron chi connectivity index (χ3n) is 8.01. The summed E-state index contributed by atoms with van der Waals surface area (Å²) in [4.78, 5) is 28.4. The van der Waals surface area contributed by atoms with Gasteiger partial charge in [0.1, 0.15) is 0 Å². The summed E-state index contributed by atoms with van der Waals surface area (Å²) in [7, 11) is 3.31. The molecule has 0 aromatic carbocycles. The van der Waals surface area contributed by atoms with E-state index in [1.54, 1.807) is 32.4 Å². The molecule has 1 saturated heterocycles. The molecule has 0 aliphatic carbocycles. The second kappa shape index (κ2) is 24.6. The van der Waals surface area contributed by atoms with Crippen LogP contribution < -0.4 is 5.32 Å². The standard InChI is InChI=1S/C30H52N2O5.2C2H6/c1-9-15-23(13-5)26(33)20-31-30(35)21(6)29(37-8)25-17-14-18-32(25)28(34)19-27(36-7)24(16-10-2)22(11-3)12-4;2*1-2/h9,13,15,21-22,24-27,29,33H,1,5,10-12,14,16-20H2,2-4,6-8H3,(H,31,35);2*1-2H3/b23-15+;;/t21?,24-,25?,26+,27?,29?;;/m0../s1. The summed E-state index contributed by atoms with van der Waals surface area (Å²) in [6, 6.07) is -0.178. The van der Waals surface area contributed by atoms with Crippen molar-refractivity contribution in [3.05, 3.63) is 37.0 Å². The first kappa shape index (κ1) is 41.2. The monoisotopic (exact) mass is 580 g/mol. The quantitative estimate of drug-likeness (QED) is 0.176. The third-order valence-corrected chi connectivity index (χ3v) is 8.01. The zero-order valence-corrected chi connectivity index (χ0v) is 28.1. The molecule has 0 bridgehead atoms. The van der Waals surface area contributed by atoms with Crippen LogP contribution in [0, 0.1) is 17.8 Å². The van der Waals surface area contributed by atoms with Crippen LogP contribution in [0.4, 0.5) is 0 Å². The number of hydrogen-bond acceptors (Lipinski definition) is 5. The molecule has 0 radical (unpaired) electrons. The molecule has 1 fully saturated rings. The molecule has 2 N–H and O–H groups in total. The van der Waals surface area contributed by atoms with Gasteiger partial charge in [-0.25, -0.2) is 0 Å². The minimum atomic E-state index is -0.880. The molecule has 7 heteroatoms. The number of aliphatic hydroxyl groups excluding tert-OH is 1. The van der Waals surface area contributed by atoms with Crippen molar-refractivity contribution >= 4 is 11.8 Å². The van der Waals surface area contributed by atoms with Crippen LogP contribution >= 0.6 is 0 Å². The van der Waals surface area contributed by atoms with E-state index in [1.807, 2.05) is 39.5 Å². The molecule has 240 valence electrons. The molecule has 4 unspecified atom stereocenters. The van der Waals surface area contributed by atoms with Crippen molar-refractivity contribution in [1.29, 1.82) is 0 Å². The molecule has 0 aromatic rings. The van der Waals surface area contributed by atoms with E-state index in [4.69, 9.17) is 9.47 Å². The predicted octanol–water partition coefficient (Wildman–Crippen LogP) is 6.71. The van der Waals surface area contributed by atoms with Gasteiger partial charge in [0.2, 0.25) is 11.8 Å². The van der Waals surface area contributed by atoms with Crippen LogP contribution in [-0.2, 0) is 19.1 Å². The molecule has 0 aromatic heterocycles. The normalized spacial score (nSPS) is 18.6. The Morgan fingerprint density at radius 3 is 2.15 bits per heavy atom. The number of carbonyl (C=O) groups excluding carboxylic acids is 2. The lowest BCUT2D eigenvalue weighted by molar-refractivity contribution is -0.143. The maximum Gasteiger partial charge on any atom is 0.225 e. The zero-order valence-electron chi connectivity index (χ0n) is 28.1. The molecule has 1 aliphatic heterocycles. The fourth-order valence-electron chi connectivity index (χ4n) is 5.87. The van der Waals surface area contributed by atoms with Gasteiger partial charge in [-0.2, -0.15) is 0 Å². The Kier molecular flexibility index (Phi) is 24.7. The van der Waals surface area contributed by atoms with Gasteiger partial charge in [0, 0.05) is 27.3 Å². The highest BCUT2D eigenvalue weighted by Crippen LogP contribution is 2.32. The molecule has 1 rings (SSSR count). The first-order chi connectivity index (χ1) is 19.7. The van der Waals surface area contributed by atoms with Crippen LogP contribution in [0.15, 0.2) is 37.0 Å². The minimum absolute atomic E-state index is 0.0585. The smallest absolute Gasteiger partial charge is 0.225 e. The topological polar surface area (TPSA) is 88.1 Å². The Bertz CT molecular complexity index is 749. The number of amides is 2. The van der Waals surface area contributed by atoms with Crippen molar-refractivity contribution in [2.45, 2.75) is 125 Å². The molecule has 2 amide bonds. The number of aliphatic hydroxyl groups is 1. The molecule has 1 heterocycles. The highest BCUT2D eigenvalue weighted by molar-refractivity contribution is 5.80. The lowest BCUT2D eigenvalue weighted by Crippen LogP contribution is -2.51. The van der Waals surface area contributed by atoms with E-state index in [0.717, 1.165) is 38.5 Å². The van der Waals surface area contributed by atoms with E-state index in [2.05, 4.69) is 39.2 Å². The van der Waals surface area contributed by atoms with E-state index in [-0.39, 0.29) is 30.5 Å². The maximum absolute atomic E-state index is 13.6. The van der Waals surface area contributed by atoms with Gasteiger partial charge in [0.05, 0.1) is 36.7 Å². The van der Waals surface area contributed by atoms with E-state index >= 15 is 0 Å². The van der Waals surface area contributed by atoms with Crippen LogP contribution in [0.5, 0.6) is 0 Å². The summed E-state index contributed by atoms with van der Waals surface area (Å²) < 4.78 is 11.7. The molecular weight excluding hydrogens is 516 g/mol. The van der Waals surface area contributed by atoms with Crippen LogP contribution in [0.3, 0.4) is 0 Å². The number of methoxy groups -OCH3 is 2. The number of likely N-dealkylation sites (tertiary alicyclic amines) is 1. The lowest BCUT2D eigenvalue weighted by Gasteiger charge is -2.36. The number of carbonyl (C=O) groups is 2. The first-order valence-corrected chi connectivity index (χ1v) is 16.0. The fourth-order valence-corrected chi connectivity index (χ4v) is 5.87. The van der Waals surface area contributed by atoms with Crippen LogP contribution in [0.25, 0.3) is 0 Å². The van der Waals surface area contributed by atoms with Gasteiger partial charge in [-0.05, 0) is 36.7 Å². The first-order valence-electron chi connectivity index (χ1n) is 16.0. The SMILES string of the molecule is C=C/C=C(\C=C)[C@H](O)CNC(=O)C(C)C(OC)C1CCCN1C(=O)CC(OC)[C@@H](CCC)C(CC)CC.CC.CC. The molecule has 0 spiro atoms. The molecule has 0 saturated carbocycles. The molecule has 7 nitrogen and oxygen atoms in total. The number of rotatable bonds is 18. The number of nitrogens with one attached hydrogen (secondary N) is 1. The number of allylic oxidation sites excluding steroid dienone is 2. The van der Waals surface area contributed by atoms with Crippen molar-refractivity contribution in [3.63, 3.8) is 0 Å². The van der Waals surface area contributed by atoms with Gasteiger partial charge in [-0.3, -0.25) is 9.59 Å². The van der Waals surface area contributed by atoms with E-state index in [0.29, 0.717) is 30.4 Å². The summed E-state index contributed by atoms with van der Waals surface area (Å²) in [5.74, 6) is 0.220. The van der Waals surface area contributed by atoms with Crippen LogP contribution in [0.2, 0.25) is 0 Å². The zero-order chi connectivity index (χ0) is 32.0. The van der Waals surface area contributed by atoms with Gasteiger partial charge in [-0.15, -0.1) is 0 Å². The summed E-state index contributed by atoms with van der Waals surface area (Å²) in [6.45, 7) is 24.5. The van der Waals surface area contributed by atoms with Crippen molar-refractivity contribution in [3.8, 4) is 0 Å². The van der Waals surface area contributed by atoms with E-state index in [1.165, 1.54) is 0 Å². The Balaban J connectivity index is 0. The average Bonchev–Trinajstić information content (AvgIpc) is 3.49. The molecule has 41 heavy (non-hydrogen) atoms. The lowest BCUT2D eigenvalue weighted by atomic mass is 9.79. The molecular formula is C34H64N2O5. The van der Waals surface area contributed by atoms with Crippen LogP contribution in [-0.4, -0.2) is 73.5 Å². The second-order valence-corrected chi connectivity index (χ2v) is 10.2. The predicted molar refractivity (Wildman–Crippen MR) is 173 cm³/mol. The highest BCUT2D eigenvalue weighted by Gasteiger charge is 2.41. The Labute approximate surface area is 252 Å². The van der Waals surface area contributed by atoms with Crippen molar-refractivity contribution in [1.82, 2.24) is 10.2 Å². The Hall–Kier alpha value is -1.96.